The van der Waals surface area contributed by atoms with Crippen molar-refractivity contribution in [1.29, 1.82) is 0 Å². The molecule has 1 aliphatic carbocycles. The summed E-state index contributed by atoms with van der Waals surface area (Å²) in [6.45, 7) is 0.888. The number of carboxylic acid groups (broad SMARTS) is 1. The number of rotatable bonds is 13. The van der Waals surface area contributed by atoms with Crippen LogP contribution in [0.3, 0.4) is 0 Å². The fourth-order valence-corrected chi connectivity index (χ4v) is 4.26. The molecule has 3 aromatic rings. The molecular weight excluding hydrogens is 538 g/mol. The zero-order chi connectivity index (χ0) is 28.5. The van der Waals surface area contributed by atoms with Gasteiger partial charge in [0.25, 0.3) is 5.91 Å². The Kier molecular flexibility index (Phi) is 9.85. The summed E-state index contributed by atoms with van der Waals surface area (Å²) >= 11 is 6.39. The Bertz CT molecular complexity index is 1380. The number of nitrogens with zero attached hydrogens (tertiary/aromatic N) is 1. The van der Waals surface area contributed by atoms with Crippen LogP contribution in [0.25, 0.3) is 10.9 Å². The molecule has 0 aliphatic heterocycles. The molecule has 12 heteroatoms. The minimum atomic E-state index is -1.02. The summed E-state index contributed by atoms with van der Waals surface area (Å²) < 4.78 is 11.6. The number of amides is 4. The lowest BCUT2D eigenvalue weighted by Crippen LogP contribution is -2.30. The van der Waals surface area contributed by atoms with Gasteiger partial charge in [0.15, 0.2) is 0 Å². The van der Waals surface area contributed by atoms with Gasteiger partial charge in [0.1, 0.15) is 17.2 Å². The number of aromatic nitrogens is 1. The van der Waals surface area contributed by atoms with Crippen molar-refractivity contribution >= 4 is 46.2 Å². The molecule has 5 N–H and O–H groups in total. The van der Waals surface area contributed by atoms with E-state index in [2.05, 4.69) is 26.3 Å². The maximum absolute atomic E-state index is 13.0. The molecule has 4 rings (SSSR count). The number of halogens is 1. The maximum atomic E-state index is 13.0. The van der Waals surface area contributed by atoms with Crippen LogP contribution in [-0.2, 0) is 0 Å². The topological polar surface area (TPSA) is 151 Å². The van der Waals surface area contributed by atoms with Crippen molar-refractivity contribution in [2.24, 2.45) is 0 Å². The Morgan fingerprint density at radius 1 is 1.00 bits per heavy atom. The van der Waals surface area contributed by atoms with Crippen LogP contribution in [0, 0.1) is 0 Å². The molecule has 0 radical (unpaired) electrons. The number of unbranched alkanes of at least 4 members (excludes halogenated alkanes) is 3. The molecule has 212 valence electrons. The van der Waals surface area contributed by atoms with Gasteiger partial charge in [-0.15, -0.1) is 0 Å². The quantitative estimate of drug-likeness (QED) is 0.170. The lowest BCUT2D eigenvalue weighted by molar-refractivity contribution is 0.0950. The predicted octanol–water partition coefficient (Wildman–Crippen LogP) is 5.53. The number of carbonyl (C=O) groups excluding carboxylic acids is 2. The molecule has 11 nitrogen and oxygen atoms in total. The van der Waals surface area contributed by atoms with Gasteiger partial charge in [-0.05, 0) is 49.9 Å². The van der Waals surface area contributed by atoms with E-state index in [-0.39, 0.29) is 18.0 Å². The number of fused-ring (bicyclic) bond motifs is 1. The van der Waals surface area contributed by atoms with Gasteiger partial charge in [-0.3, -0.25) is 9.78 Å². The molecule has 40 heavy (non-hydrogen) atoms. The minimum absolute atomic E-state index is 0.228. The molecule has 0 spiro atoms. The average molecular weight is 570 g/mol. The van der Waals surface area contributed by atoms with Crippen LogP contribution >= 0.6 is 11.6 Å². The smallest absolute Gasteiger partial charge is 0.404 e. The second kappa shape index (κ2) is 13.7. The van der Waals surface area contributed by atoms with E-state index in [9.17, 15) is 14.4 Å². The van der Waals surface area contributed by atoms with Gasteiger partial charge < -0.3 is 35.8 Å². The van der Waals surface area contributed by atoms with Crippen molar-refractivity contribution in [1.82, 2.24) is 20.9 Å². The number of hydrogen-bond donors (Lipinski definition) is 5. The number of methoxy groups -OCH3 is 1. The number of ether oxygens (including phenoxy) is 2. The zero-order valence-corrected chi connectivity index (χ0v) is 22.8. The van der Waals surface area contributed by atoms with Gasteiger partial charge in [0.05, 0.1) is 28.9 Å². The Balaban J connectivity index is 1.41. The number of anilines is 1. The van der Waals surface area contributed by atoms with Gasteiger partial charge in [-0.2, -0.15) is 0 Å². The van der Waals surface area contributed by atoms with Crippen LogP contribution in [0.4, 0.5) is 15.3 Å². The largest absolute Gasteiger partial charge is 0.496 e. The van der Waals surface area contributed by atoms with E-state index in [1.165, 1.54) is 7.11 Å². The summed E-state index contributed by atoms with van der Waals surface area (Å²) in [6.07, 6.45) is 5.77. The van der Waals surface area contributed by atoms with Crippen molar-refractivity contribution in [3.63, 3.8) is 0 Å². The van der Waals surface area contributed by atoms with Crippen LogP contribution in [0.15, 0.2) is 42.6 Å². The summed E-state index contributed by atoms with van der Waals surface area (Å²) in [7, 11) is 1.49. The highest BCUT2D eigenvalue weighted by Gasteiger charge is 2.23. The lowest BCUT2D eigenvalue weighted by Gasteiger charge is -2.14. The van der Waals surface area contributed by atoms with Crippen molar-refractivity contribution in [3.8, 4) is 17.2 Å². The summed E-state index contributed by atoms with van der Waals surface area (Å²) in [6, 6.07) is 9.96. The van der Waals surface area contributed by atoms with Crippen LogP contribution < -0.4 is 30.7 Å². The number of carbonyl (C=O) groups is 3. The normalized spacial score (nSPS) is 12.4. The Hall–Kier alpha value is -4.25. The van der Waals surface area contributed by atoms with Crippen LogP contribution in [0.2, 0.25) is 5.02 Å². The second-order valence-electron chi connectivity index (χ2n) is 9.40. The number of nitrogens with one attached hydrogen (secondary N) is 4. The number of pyridine rings is 1. The standard InChI is InChI=1S/C28H32ClN5O6/c1-39-25-16-23-19(15-20(25)26(35)31-11-4-2-3-5-12-32-28(37)38)24(10-13-30-23)40-18-8-9-22(21(29)14-18)34-27(36)33-17-6-7-17/h8-10,13-17,32H,2-7,11-12H2,1H3,(H,31,35)(H,37,38)(H2,33,34,36). The van der Waals surface area contributed by atoms with Crippen molar-refractivity contribution in [2.75, 3.05) is 25.5 Å². The zero-order valence-electron chi connectivity index (χ0n) is 22.1. The van der Waals surface area contributed by atoms with Gasteiger partial charge >= 0.3 is 12.1 Å². The van der Waals surface area contributed by atoms with Gasteiger partial charge in [-0.25, -0.2) is 9.59 Å². The molecule has 2 aromatic carbocycles. The number of hydrogen-bond acceptors (Lipinski definition) is 6. The van der Waals surface area contributed by atoms with Gasteiger partial charge in [0, 0.05) is 42.8 Å². The molecular formula is C28H32ClN5O6. The van der Waals surface area contributed by atoms with E-state index >= 15 is 0 Å². The van der Waals surface area contributed by atoms with Crippen LogP contribution in [-0.4, -0.2) is 54.4 Å². The van der Waals surface area contributed by atoms with Gasteiger partial charge in [0.2, 0.25) is 0 Å². The fraction of sp³-hybridized carbons (Fsp3) is 0.357. The van der Waals surface area contributed by atoms with E-state index in [4.69, 9.17) is 26.2 Å². The molecule has 0 atom stereocenters. The molecule has 1 aromatic heterocycles. The number of benzene rings is 2. The summed E-state index contributed by atoms with van der Waals surface area (Å²) in [5.41, 5.74) is 1.40. The van der Waals surface area contributed by atoms with Crippen molar-refractivity contribution < 1.29 is 29.0 Å². The summed E-state index contributed by atoms with van der Waals surface area (Å²) in [4.78, 5) is 39.9. The first-order valence-corrected chi connectivity index (χ1v) is 13.5. The summed E-state index contributed by atoms with van der Waals surface area (Å²) in [5, 5.41) is 20.4. The molecule has 4 amide bonds. The first-order valence-electron chi connectivity index (χ1n) is 13.1. The van der Waals surface area contributed by atoms with Crippen molar-refractivity contribution in [3.05, 3.63) is 53.2 Å². The first-order chi connectivity index (χ1) is 19.3. The van der Waals surface area contributed by atoms with E-state index in [0.717, 1.165) is 38.5 Å². The van der Waals surface area contributed by atoms with Crippen LogP contribution in [0.1, 0.15) is 48.9 Å². The lowest BCUT2D eigenvalue weighted by atomic mass is 10.1. The second-order valence-corrected chi connectivity index (χ2v) is 9.80. The molecule has 0 saturated heterocycles. The SMILES string of the molecule is COc1cc2nccc(Oc3ccc(NC(=O)NC4CC4)c(Cl)c3)c2cc1C(=O)NCCCCCCNC(=O)O. The fourth-order valence-electron chi connectivity index (χ4n) is 4.04. The molecule has 1 aliphatic rings. The Morgan fingerprint density at radius 2 is 1.75 bits per heavy atom. The Labute approximate surface area is 236 Å². The van der Waals surface area contributed by atoms with E-state index in [1.54, 1.807) is 42.6 Å². The van der Waals surface area contributed by atoms with E-state index < -0.39 is 6.09 Å². The average Bonchev–Trinajstić information content (AvgIpc) is 3.74. The van der Waals surface area contributed by atoms with E-state index in [0.29, 0.717) is 57.5 Å². The third-order valence-electron chi connectivity index (χ3n) is 6.26. The third-order valence-corrected chi connectivity index (χ3v) is 6.57. The molecule has 0 bridgehead atoms. The predicted molar refractivity (Wildman–Crippen MR) is 152 cm³/mol. The monoisotopic (exact) mass is 569 g/mol. The highest BCUT2D eigenvalue weighted by molar-refractivity contribution is 6.33. The number of urea groups is 1. The van der Waals surface area contributed by atoms with Gasteiger partial charge in [-0.1, -0.05) is 24.4 Å². The maximum Gasteiger partial charge on any atom is 0.404 e. The van der Waals surface area contributed by atoms with Crippen LogP contribution in [0.5, 0.6) is 17.2 Å². The molecule has 1 heterocycles. The minimum Gasteiger partial charge on any atom is -0.496 e. The Morgan fingerprint density at radius 3 is 2.42 bits per heavy atom. The highest BCUT2D eigenvalue weighted by atomic mass is 35.5. The molecule has 1 fully saturated rings. The first kappa shape index (κ1) is 28.8. The van der Waals surface area contributed by atoms with E-state index in [1.807, 2.05) is 0 Å². The molecule has 0 unspecified atom stereocenters. The molecule has 1 saturated carbocycles. The highest BCUT2D eigenvalue weighted by Crippen LogP contribution is 2.35. The van der Waals surface area contributed by atoms with Crippen molar-refractivity contribution in [2.45, 2.75) is 44.6 Å². The third kappa shape index (κ3) is 8.12. The summed E-state index contributed by atoms with van der Waals surface area (Å²) in [5.74, 6) is 1.02.